The van der Waals surface area contributed by atoms with Crippen LogP contribution in [0.15, 0.2) is 24.4 Å². The summed E-state index contributed by atoms with van der Waals surface area (Å²) in [5.74, 6) is 0.819. The average Bonchev–Trinajstić information content (AvgIpc) is 3.14. The van der Waals surface area contributed by atoms with E-state index in [1.54, 1.807) is 18.1 Å². The van der Waals surface area contributed by atoms with Gasteiger partial charge in [0.05, 0.1) is 17.9 Å². The zero-order chi connectivity index (χ0) is 15.8. The van der Waals surface area contributed by atoms with E-state index in [2.05, 4.69) is 20.1 Å². The Morgan fingerprint density at radius 2 is 2.26 bits per heavy atom. The molecule has 0 saturated heterocycles. The van der Waals surface area contributed by atoms with Gasteiger partial charge in [-0.1, -0.05) is 6.07 Å². The van der Waals surface area contributed by atoms with Gasteiger partial charge in [0.15, 0.2) is 5.69 Å². The van der Waals surface area contributed by atoms with Gasteiger partial charge in [-0.25, -0.2) is 0 Å². The SMILES string of the molecule is CN(Cc1ccccn1)C(=O)c1n[nH]c2c1CN(CC1CC1)C2. The smallest absolute Gasteiger partial charge is 0.274 e. The van der Waals surface area contributed by atoms with E-state index in [0.29, 0.717) is 12.2 Å². The van der Waals surface area contributed by atoms with Crippen molar-refractivity contribution in [3.8, 4) is 0 Å². The van der Waals surface area contributed by atoms with Gasteiger partial charge in [0.1, 0.15) is 0 Å². The molecule has 0 bridgehead atoms. The summed E-state index contributed by atoms with van der Waals surface area (Å²) in [6.45, 7) is 3.35. The molecule has 1 amide bonds. The highest BCUT2D eigenvalue weighted by atomic mass is 16.2. The van der Waals surface area contributed by atoms with E-state index in [1.165, 1.54) is 12.8 Å². The monoisotopic (exact) mass is 311 g/mol. The average molecular weight is 311 g/mol. The summed E-state index contributed by atoms with van der Waals surface area (Å²) in [5, 5.41) is 7.32. The Balaban J connectivity index is 1.45. The highest BCUT2D eigenvalue weighted by Crippen LogP contribution is 2.33. The van der Waals surface area contributed by atoms with Crippen molar-refractivity contribution in [2.24, 2.45) is 5.92 Å². The molecule has 120 valence electrons. The number of nitrogens with one attached hydrogen (secondary N) is 1. The van der Waals surface area contributed by atoms with Crippen molar-refractivity contribution >= 4 is 5.91 Å². The van der Waals surface area contributed by atoms with Crippen LogP contribution in [0.3, 0.4) is 0 Å². The van der Waals surface area contributed by atoms with Crippen molar-refractivity contribution in [1.29, 1.82) is 0 Å². The van der Waals surface area contributed by atoms with Crippen LogP contribution in [0.2, 0.25) is 0 Å². The zero-order valence-corrected chi connectivity index (χ0v) is 13.3. The molecule has 1 fully saturated rings. The van der Waals surface area contributed by atoms with Gasteiger partial charge >= 0.3 is 0 Å². The van der Waals surface area contributed by atoms with Crippen molar-refractivity contribution in [1.82, 2.24) is 25.0 Å². The van der Waals surface area contributed by atoms with Crippen LogP contribution >= 0.6 is 0 Å². The minimum atomic E-state index is -0.0403. The van der Waals surface area contributed by atoms with E-state index >= 15 is 0 Å². The molecule has 0 unspecified atom stereocenters. The minimum absolute atomic E-state index is 0.0403. The van der Waals surface area contributed by atoms with E-state index in [9.17, 15) is 4.79 Å². The fourth-order valence-corrected chi connectivity index (χ4v) is 3.16. The molecule has 1 aliphatic heterocycles. The summed E-state index contributed by atoms with van der Waals surface area (Å²) < 4.78 is 0. The molecule has 1 saturated carbocycles. The third kappa shape index (κ3) is 2.99. The van der Waals surface area contributed by atoms with Crippen LogP contribution in [-0.4, -0.2) is 44.5 Å². The van der Waals surface area contributed by atoms with Crippen LogP contribution < -0.4 is 0 Å². The fourth-order valence-electron chi connectivity index (χ4n) is 3.16. The normalized spacial score (nSPS) is 17.3. The standard InChI is InChI=1S/C17H21N5O/c1-21(9-13-4-2-3-7-18-13)17(23)16-14-10-22(8-12-5-6-12)11-15(14)19-20-16/h2-4,7,12H,5-6,8-11H2,1H3,(H,19,20). The number of nitrogens with zero attached hydrogens (tertiary/aromatic N) is 4. The number of hydrogen-bond acceptors (Lipinski definition) is 4. The Bertz CT molecular complexity index is 707. The van der Waals surface area contributed by atoms with Gasteiger partial charge in [-0.05, 0) is 30.9 Å². The molecule has 1 aliphatic carbocycles. The van der Waals surface area contributed by atoms with E-state index in [0.717, 1.165) is 42.5 Å². The second kappa shape index (κ2) is 5.77. The number of pyridine rings is 1. The Kier molecular flexibility index (Phi) is 3.61. The Hall–Kier alpha value is -2.21. The highest BCUT2D eigenvalue weighted by molar-refractivity contribution is 5.93. The highest BCUT2D eigenvalue weighted by Gasteiger charge is 2.32. The first-order valence-corrected chi connectivity index (χ1v) is 8.14. The molecule has 3 heterocycles. The number of aromatic nitrogens is 3. The number of hydrogen-bond donors (Lipinski definition) is 1. The van der Waals surface area contributed by atoms with E-state index in [-0.39, 0.29) is 5.91 Å². The lowest BCUT2D eigenvalue weighted by Crippen LogP contribution is -2.28. The number of aromatic amines is 1. The predicted octanol–water partition coefficient (Wildman–Crippen LogP) is 1.80. The number of fused-ring (bicyclic) bond motifs is 1. The van der Waals surface area contributed by atoms with E-state index in [1.807, 2.05) is 18.2 Å². The molecule has 0 aromatic carbocycles. The molecule has 6 heteroatoms. The van der Waals surface area contributed by atoms with Crippen LogP contribution in [-0.2, 0) is 19.6 Å². The second-order valence-corrected chi connectivity index (χ2v) is 6.62. The molecule has 0 atom stereocenters. The van der Waals surface area contributed by atoms with Gasteiger partial charge < -0.3 is 4.90 Å². The maximum Gasteiger partial charge on any atom is 0.274 e. The molecule has 6 nitrogen and oxygen atoms in total. The third-order valence-electron chi connectivity index (χ3n) is 4.60. The van der Waals surface area contributed by atoms with Crippen LogP contribution in [0.4, 0.5) is 0 Å². The number of carbonyl (C=O) groups excluding carboxylic acids is 1. The molecular formula is C17H21N5O. The van der Waals surface area contributed by atoms with E-state index < -0.39 is 0 Å². The Labute approximate surface area is 135 Å². The van der Waals surface area contributed by atoms with Gasteiger partial charge in [-0.15, -0.1) is 0 Å². The third-order valence-corrected chi connectivity index (χ3v) is 4.60. The first-order chi connectivity index (χ1) is 11.2. The lowest BCUT2D eigenvalue weighted by Gasteiger charge is -2.17. The maximum absolute atomic E-state index is 12.7. The quantitative estimate of drug-likeness (QED) is 0.914. The van der Waals surface area contributed by atoms with Crippen LogP contribution in [0.5, 0.6) is 0 Å². The molecule has 0 radical (unpaired) electrons. The first-order valence-electron chi connectivity index (χ1n) is 8.14. The summed E-state index contributed by atoms with van der Waals surface area (Å²) in [7, 11) is 1.80. The first kappa shape index (κ1) is 14.4. The molecule has 23 heavy (non-hydrogen) atoms. The van der Waals surface area contributed by atoms with Gasteiger partial charge in [0, 0.05) is 38.4 Å². The number of carbonyl (C=O) groups is 1. The number of rotatable bonds is 5. The predicted molar refractivity (Wildman–Crippen MR) is 85.5 cm³/mol. The lowest BCUT2D eigenvalue weighted by atomic mass is 10.2. The summed E-state index contributed by atoms with van der Waals surface area (Å²) in [4.78, 5) is 21.1. The number of amides is 1. The van der Waals surface area contributed by atoms with Crippen molar-refractivity contribution in [2.75, 3.05) is 13.6 Å². The fraction of sp³-hybridized carbons (Fsp3) is 0.471. The van der Waals surface area contributed by atoms with Crippen LogP contribution in [0.1, 0.15) is 40.3 Å². The minimum Gasteiger partial charge on any atom is -0.334 e. The summed E-state index contributed by atoms with van der Waals surface area (Å²) >= 11 is 0. The molecule has 2 aromatic heterocycles. The Morgan fingerprint density at radius 1 is 1.39 bits per heavy atom. The topological polar surface area (TPSA) is 65.1 Å². The molecule has 2 aliphatic rings. The molecule has 2 aromatic rings. The van der Waals surface area contributed by atoms with Gasteiger partial charge in [0.25, 0.3) is 5.91 Å². The van der Waals surface area contributed by atoms with Gasteiger partial charge in [-0.3, -0.25) is 19.8 Å². The number of H-pyrrole nitrogens is 1. The van der Waals surface area contributed by atoms with Gasteiger partial charge in [0.2, 0.25) is 0 Å². The Morgan fingerprint density at radius 3 is 3.00 bits per heavy atom. The van der Waals surface area contributed by atoms with E-state index in [4.69, 9.17) is 0 Å². The zero-order valence-electron chi connectivity index (χ0n) is 13.3. The van der Waals surface area contributed by atoms with Gasteiger partial charge in [-0.2, -0.15) is 5.10 Å². The summed E-state index contributed by atoms with van der Waals surface area (Å²) in [5.41, 5.74) is 3.62. The van der Waals surface area contributed by atoms with Crippen molar-refractivity contribution in [3.63, 3.8) is 0 Å². The molecule has 1 N–H and O–H groups in total. The summed E-state index contributed by atoms with van der Waals surface area (Å²) in [6.07, 6.45) is 4.44. The van der Waals surface area contributed by atoms with Crippen molar-refractivity contribution in [3.05, 3.63) is 47.0 Å². The molecule has 4 rings (SSSR count). The molecule has 0 spiro atoms. The second-order valence-electron chi connectivity index (χ2n) is 6.62. The summed E-state index contributed by atoms with van der Waals surface area (Å²) in [6, 6.07) is 5.74. The van der Waals surface area contributed by atoms with Crippen LogP contribution in [0.25, 0.3) is 0 Å². The molecular weight excluding hydrogens is 290 g/mol. The lowest BCUT2D eigenvalue weighted by molar-refractivity contribution is 0.0775. The van der Waals surface area contributed by atoms with Crippen molar-refractivity contribution < 1.29 is 4.79 Å². The largest absolute Gasteiger partial charge is 0.334 e. The maximum atomic E-state index is 12.7. The van der Waals surface area contributed by atoms with Crippen LogP contribution in [0, 0.1) is 5.92 Å². The van der Waals surface area contributed by atoms with Crippen molar-refractivity contribution in [2.45, 2.75) is 32.5 Å².